The molecule has 1 N–H and O–H groups in total. The summed E-state index contributed by atoms with van der Waals surface area (Å²) in [4.78, 5) is 0. The van der Waals surface area contributed by atoms with Crippen molar-refractivity contribution in [2.24, 2.45) is 0 Å². The van der Waals surface area contributed by atoms with Gasteiger partial charge < -0.3 is 14.6 Å². The Kier molecular flexibility index (Phi) is 2.57. The highest BCUT2D eigenvalue weighted by molar-refractivity contribution is 5.64. The third-order valence-electron chi connectivity index (χ3n) is 3.06. The topological polar surface area (TPSA) is 47.3 Å². The molecule has 0 saturated heterocycles. The number of rotatable bonds is 2. The SMILES string of the molecule is COc1ccc(-c2noc3c2CNCC3)cc1. The van der Waals surface area contributed by atoms with Gasteiger partial charge in [0, 0.05) is 30.6 Å². The van der Waals surface area contributed by atoms with E-state index in [1.54, 1.807) is 7.11 Å². The molecule has 1 aliphatic heterocycles. The highest BCUT2D eigenvalue weighted by Crippen LogP contribution is 2.28. The molecule has 3 rings (SSSR count). The fourth-order valence-electron chi connectivity index (χ4n) is 2.11. The fourth-order valence-corrected chi connectivity index (χ4v) is 2.11. The van der Waals surface area contributed by atoms with Gasteiger partial charge in [0.15, 0.2) is 0 Å². The summed E-state index contributed by atoms with van der Waals surface area (Å²) in [5.41, 5.74) is 3.19. The molecule has 0 atom stereocenters. The first kappa shape index (κ1) is 10.4. The maximum Gasteiger partial charge on any atom is 0.143 e. The molecule has 4 heteroatoms. The van der Waals surface area contributed by atoms with Crippen molar-refractivity contribution >= 4 is 0 Å². The van der Waals surface area contributed by atoms with Gasteiger partial charge in [-0.15, -0.1) is 0 Å². The maximum atomic E-state index is 5.38. The van der Waals surface area contributed by atoms with Crippen LogP contribution >= 0.6 is 0 Å². The normalized spacial score (nSPS) is 14.4. The van der Waals surface area contributed by atoms with Crippen molar-refractivity contribution in [3.8, 4) is 17.0 Å². The van der Waals surface area contributed by atoms with Gasteiger partial charge in [-0.3, -0.25) is 0 Å². The number of fused-ring (bicyclic) bond motifs is 1. The molecule has 0 unspecified atom stereocenters. The Labute approximate surface area is 99.6 Å². The molecular formula is C13H14N2O2. The molecule has 1 aromatic carbocycles. The maximum absolute atomic E-state index is 5.38. The van der Waals surface area contributed by atoms with Crippen molar-refractivity contribution in [3.05, 3.63) is 35.6 Å². The second kappa shape index (κ2) is 4.22. The third-order valence-corrected chi connectivity index (χ3v) is 3.06. The quantitative estimate of drug-likeness (QED) is 0.857. The highest BCUT2D eigenvalue weighted by Gasteiger charge is 2.19. The van der Waals surface area contributed by atoms with Crippen LogP contribution in [0.5, 0.6) is 5.75 Å². The molecule has 1 aromatic heterocycles. The summed E-state index contributed by atoms with van der Waals surface area (Å²) >= 11 is 0. The van der Waals surface area contributed by atoms with E-state index in [9.17, 15) is 0 Å². The van der Waals surface area contributed by atoms with Gasteiger partial charge >= 0.3 is 0 Å². The second-order valence-corrected chi connectivity index (χ2v) is 4.09. The minimum Gasteiger partial charge on any atom is -0.497 e. The van der Waals surface area contributed by atoms with Crippen LogP contribution in [-0.4, -0.2) is 18.8 Å². The zero-order chi connectivity index (χ0) is 11.7. The lowest BCUT2D eigenvalue weighted by Gasteiger charge is -2.11. The second-order valence-electron chi connectivity index (χ2n) is 4.09. The molecule has 4 nitrogen and oxygen atoms in total. The van der Waals surface area contributed by atoms with Crippen molar-refractivity contribution in [3.63, 3.8) is 0 Å². The van der Waals surface area contributed by atoms with Crippen LogP contribution in [0.4, 0.5) is 0 Å². The van der Waals surface area contributed by atoms with Gasteiger partial charge in [-0.05, 0) is 24.3 Å². The number of nitrogens with zero attached hydrogens (tertiary/aromatic N) is 1. The van der Waals surface area contributed by atoms with E-state index in [-0.39, 0.29) is 0 Å². The zero-order valence-corrected chi connectivity index (χ0v) is 9.69. The van der Waals surface area contributed by atoms with E-state index in [0.29, 0.717) is 0 Å². The van der Waals surface area contributed by atoms with Gasteiger partial charge in [0.05, 0.1) is 7.11 Å². The molecule has 2 heterocycles. The summed E-state index contributed by atoms with van der Waals surface area (Å²) in [5, 5.41) is 7.50. The number of methoxy groups -OCH3 is 1. The Morgan fingerprint density at radius 3 is 2.88 bits per heavy atom. The molecule has 88 valence electrons. The number of nitrogens with one attached hydrogen (secondary N) is 1. The largest absolute Gasteiger partial charge is 0.497 e. The van der Waals surface area contributed by atoms with Crippen molar-refractivity contribution in [1.82, 2.24) is 10.5 Å². The number of hydrogen-bond donors (Lipinski definition) is 1. The van der Waals surface area contributed by atoms with E-state index >= 15 is 0 Å². The number of aromatic nitrogens is 1. The molecule has 0 spiro atoms. The predicted molar refractivity (Wildman–Crippen MR) is 63.9 cm³/mol. The van der Waals surface area contributed by atoms with E-state index in [1.165, 1.54) is 5.56 Å². The van der Waals surface area contributed by atoms with Crippen LogP contribution in [-0.2, 0) is 13.0 Å². The Hall–Kier alpha value is -1.81. The Morgan fingerprint density at radius 1 is 1.29 bits per heavy atom. The van der Waals surface area contributed by atoms with Crippen LogP contribution in [0.2, 0.25) is 0 Å². The summed E-state index contributed by atoms with van der Waals surface area (Å²) in [6.45, 7) is 1.80. The van der Waals surface area contributed by atoms with Gasteiger partial charge in [-0.2, -0.15) is 0 Å². The minimum absolute atomic E-state index is 0.834. The molecule has 0 radical (unpaired) electrons. The number of ether oxygens (including phenoxy) is 1. The lowest BCUT2D eigenvalue weighted by molar-refractivity contribution is 0.374. The van der Waals surface area contributed by atoms with Crippen LogP contribution in [0.15, 0.2) is 28.8 Å². The lowest BCUT2D eigenvalue weighted by atomic mass is 10.0. The molecule has 0 amide bonds. The van der Waals surface area contributed by atoms with E-state index in [4.69, 9.17) is 9.26 Å². The first-order chi connectivity index (χ1) is 8.38. The van der Waals surface area contributed by atoms with Gasteiger partial charge in [-0.25, -0.2) is 0 Å². The smallest absolute Gasteiger partial charge is 0.143 e. The monoisotopic (exact) mass is 230 g/mol. The number of hydrogen-bond acceptors (Lipinski definition) is 4. The van der Waals surface area contributed by atoms with Crippen LogP contribution in [0.25, 0.3) is 11.3 Å². The standard InChI is InChI=1S/C13H14N2O2/c1-16-10-4-2-9(3-5-10)13-11-8-14-7-6-12(11)17-15-13/h2-5,14H,6-8H2,1H3. The molecule has 1 aliphatic rings. The summed E-state index contributed by atoms with van der Waals surface area (Å²) in [6, 6.07) is 7.89. The Morgan fingerprint density at radius 2 is 2.12 bits per heavy atom. The third kappa shape index (κ3) is 1.80. The Balaban J connectivity index is 2.00. The average Bonchev–Trinajstić information content (AvgIpc) is 2.83. The van der Waals surface area contributed by atoms with Gasteiger partial charge in [-0.1, -0.05) is 5.16 Å². The van der Waals surface area contributed by atoms with Gasteiger partial charge in [0.25, 0.3) is 0 Å². The molecule has 0 saturated carbocycles. The summed E-state index contributed by atoms with van der Waals surface area (Å²) < 4.78 is 10.5. The fraction of sp³-hybridized carbons (Fsp3) is 0.308. The first-order valence-electron chi connectivity index (χ1n) is 5.71. The van der Waals surface area contributed by atoms with Gasteiger partial charge in [0.1, 0.15) is 17.2 Å². The minimum atomic E-state index is 0.834. The lowest BCUT2D eigenvalue weighted by Crippen LogP contribution is -2.22. The zero-order valence-electron chi connectivity index (χ0n) is 9.69. The Bertz CT molecular complexity index is 517. The average molecular weight is 230 g/mol. The predicted octanol–water partition coefficient (Wildman–Crippen LogP) is 2.00. The van der Waals surface area contributed by atoms with Crippen molar-refractivity contribution in [1.29, 1.82) is 0 Å². The van der Waals surface area contributed by atoms with Crippen LogP contribution in [0.1, 0.15) is 11.3 Å². The highest BCUT2D eigenvalue weighted by atomic mass is 16.5. The van der Waals surface area contributed by atoms with Crippen LogP contribution in [0.3, 0.4) is 0 Å². The van der Waals surface area contributed by atoms with Crippen LogP contribution in [0, 0.1) is 0 Å². The van der Waals surface area contributed by atoms with E-state index in [1.807, 2.05) is 24.3 Å². The van der Waals surface area contributed by atoms with Gasteiger partial charge in [0.2, 0.25) is 0 Å². The van der Waals surface area contributed by atoms with E-state index in [2.05, 4.69) is 10.5 Å². The van der Waals surface area contributed by atoms with Crippen molar-refractivity contribution in [2.45, 2.75) is 13.0 Å². The summed E-state index contributed by atoms with van der Waals surface area (Å²) in [5.74, 6) is 1.86. The van der Waals surface area contributed by atoms with E-state index in [0.717, 1.165) is 42.3 Å². The summed E-state index contributed by atoms with van der Waals surface area (Å²) in [6.07, 6.45) is 0.915. The molecule has 0 fully saturated rings. The van der Waals surface area contributed by atoms with E-state index < -0.39 is 0 Å². The summed E-state index contributed by atoms with van der Waals surface area (Å²) in [7, 11) is 1.66. The van der Waals surface area contributed by atoms with Crippen molar-refractivity contribution < 1.29 is 9.26 Å². The molecule has 17 heavy (non-hydrogen) atoms. The first-order valence-corrected chi connectivity index (χ1v) is 5.71. The molecular weight excluding hydrogens is 216 g/mol. The number of benzene rings is 1. The molecule has 0 bridgehead atoms. The van der Waals surface area contributed by atoms with Crippen molar-refractivity contribution in [2.75, 3.05) is 13.7 Å². The molecule has 2 aromatic rings. The molecule has 0 aliphatic carbocycles. The van der Waals surface area contributed by atoms with Crippen LogP contribution < -0.4 is 10.1 Å².